The van der Waals surface area contributed by atoms with Crippen LogP contribution in [0.1, 0.15) is 48.9 Å². The van der Waals surface area contributed by atoms with Crippen LogP contribution in [0.15, 0.2) is 18.2 Å². The average molecular weight is 392 g/mol. The molecule has 9 heteroatoms. The van der Waals surface area contributed by atoms with E-state index in [0.717, 1.165) is 17.7 Å². The molecule has 1 aromatic rings. The Morgan fingerprint density at radius 2 is 1.75 bits per heavy atom. The maximum atomic E-state index is 11.1. The number of aliphatic carboxylic acids is 1. The summed E-state index contributed by atoms with van der Waals surface area (Å²) < 4.78 is 11.1. The van der Waals surface area contributed by atoms with E-state index in [1.807, 2.05) is 0 Å². The van der Waals surface area contributed by atoms with Gasteiger partial charge in [0.1, 0.15) is 6.54 Å². The highest BCUT2D eigenvalue weighted by atomic mass is 16.5. The zero-order chi connectivity index (χ0) is 20.7. The molecule has 1 aliphatic heterocycles. The summed E-state index contributed by atoms with van der Waals surface area (Å²) in [5, 5.41) is 8.26. The highest BCUT2D eigenvalue weighted by Crippen LogP contribution is 2.32. The van der Waals surface area contributed by atoms with Crippen LogP contribution < -0.4 is 15.2 Å². The number of hydrogen-bond donors (Lipinski definition) is 2. The first kappa shape index (κ1) is 21.2. The van der Waals surface area contributed by atoms with Crippen LogP contribution in [0.2, 0.25) is 0 Å². The molecule has 0 atom stereocenters. The van der Waals surface area contributed by atoms with Crippen LogP contribution in [-0.4, -0.2) is 53.5 Å². The molecule has 152 valence electrons. The molecule has 3 rings (SSSR count). The number of rotatable bonds is 6. The van der Waals surface area contributed by atoms with Gasteiger partial charge >= 0.3 is 5.97 Å². The van der Waals surface area contributed by atoms with Crippen molar-refractivity contribution in [2.45, 2.75) is 44.6 Å². The van der Waals surface area contributed by atoms with Crippen molar-refractivity contribution >= 4 is 23.7 Å². The Hall–Kier alpha value is -3.10. The van der Waals surface area contributed by atoms with Crippen molar-refractivity contribution in [3.05, 3.63) is 23.8 Å². The van der Waals surface area contributed by atoms with E-state index in [0.29, 0.717) is 17.1 Å². The molecule has 0 radical (unpaired) electrons. The predicted molar refractivity (Wildman–Crippen MR) is 98.0 cm³/mol. The van der Waals surface area contributed by atoms with Gasteiger partial charge in [0, 0.05) is 18.4 Å². The highest BCUT2D eigenvalue weighted by Gasteiger charge is 2.30. The van der Waals surface area contributed by atoms with Gasteiger partial charge < -0.3 is 20.3 Å². The quantitative estimate of drug-likeness (QED) is 0.697. The van der Waals surface area contributed by atoms with E-state index >= 15 is 0 Å². The van der Waals surface area contributed by atoms with Crippen LogP contribution in [0.25, 0.3) is 0 Å². The number of carbonyl (C=O) groups excluding carboxylic acids is 3. The minimum Gasteiger partial charge on any atom is -0.493 e. The second-order valence-corrected chi connectivity index (χ2v) is 6.52. The van der Waals surface area contributed by atoms with Gasteiger partial charge in [-0.3, -0.25) is 24.1 Å². The van der Waals surface area contributed by atoms with E-state index in [-0.39, 0.29) is 18.9 Å². The zero-order valence-electron chi connectivity index (χ0n) is 15.7. The van der Waals surface area contributed by atoms with Gasteiger partial charge in [0.15, 0.2) is 11.5 Å². The molecule has 2 aliphatic rings. The van der Waals surface area contributed by atoms with E-state index in [4.69, 9.17) is 20.3 Å². The topological polar surface area (TPSA) is 136 Å². The second kappa shape index (κ2) is 9.72. The Morgan fingerprint density at radius 1 is 1.14 bits per heavy atom. The molecule has 1 saturated heterocycles. The first-order valence-electron chi connectivity index (χ1n) is 9.01. The van der Waals surface area contributed by atoms with Gasteiger partial charge in [0.05, 0.1) is 13.2 Å². The molecule has 0 unspecified atom stereocenters. The first-order chi connectivity index (χ1) is 13.3. The van der Waals surface area contributed by atoms with Crippen LogP contribution >= 0.6 is 0 Å². The third-order valence-corrected chi connectivity index (χ3v) is 4.49. The minimum atomic E-state index is -1.16. The van der Waals surface area contributed by atoms with Crippen LogP contribution in [0.4, 0.5) is 0 Å². The van der Waals surface area contributed by atoms with Gasteiger partial charge in [-0.05, 0) is 43.9 Å². The minimum absolute atomic E-state index is 0.145. The number of nitrogens with two attached hydrogens (primary N) is 1. The van der Waals surface area contributed by atoms with Gasteiger partial charge in [0.25, 0.3) is 0 Å². The molecule has 9 nitrogen and oxygen atoms in total. The largest absolute Gasteiger partial charge is 0.493 e. The van der Waals surface area contributed by atoms with Gasteiger partial charge in [-0.25, -0.2) is 0 Å². The first-order valence-corrected chi connectivity index (χ1v) is 9.01. The number of carboxylic acid groups (broad SMARTS) is 1. The van der Waals surface area contributed by atoms with Crippen molar-refractivity contribution < 1.29 is 33.8 Å². The number of amides is 3. The molecule has 1 aliphatic carbocycles. The summed E-state index contributed by atoms with van der Waals surface area (Å²) in [5.41, 5.74) is 5.69. The summed E-state index contributed by atoms with van der Waals surface area (Å²) in [6.45, 7) is -0.502. The lowest BCUT2D eigenvalue weighted by atomic mass is 10.2. The molecule has 1 saturated carbocycles. The standard InChI is InChI=1S/C13H17NO3.C6H7NO4/c1-16-11-7-6-9(13(14)15)8-12(11)17-10-4-2-3-5-10;8-4-1-2-5(9)7(4)3-6(10)11/h6-8,10H,2-5H2,1H3,(H2,14,15);1-3H2,(H,10,11). The third kappa shape index (κ3) is 5.70. The molecule has 0 bridgehead atoms. The number of carboxylic acids is 1. The van der Waals surface area contributed by atoms with Gasteiger partial charge in [0.2, 0.25) is 17.7 Å². The number of likely N-dealkylation sites (tertiary alicyclic amines) is 1. The van der Waals surface area contributed by atoms with E-state index < -0.39 is 30.2 Å². The summed E-state index contributed by atoms with van der Waals surface area (Å²) in [6, 6.07) is 5.01. The van der Waals surface area contributed by atoms with Crippen molar-refractivity contribution in [1.29, 1.82) is 0 Å². The molecule has 0 spiro atoms. The normalized spacial score (nSPS) is 16.5. The van der Waals surface area contributed by atoms with E-state index in [1.165, 1.54) is 12.8 Å². The SMILES string of the molecule is COc1ccc(C(N)=O)cc1OC1CCCC1.O=C(O)CN1C(=O)CCC1=O. The fraction of sp³-hybridized carbons (Fsp3) is 0.474. The number of carbonyl (C=O) groups is 4. The maximum Gasteiger partial charge on any atom is 0.323 e. The zero-order valence-corrected chi connectivity index (χ0v) is 15.7. The summed E-state index contributed by atoms with van der Waals surface area (Å²) in [4.78, 5) is 43.5. The molecule has 3 N–H and O–H groups in total. The van der Waals surface area contributed by atoms with Crippen molar-refractivity contribution in [3.8, 4) is 11.5 Å². The molecule has 3 amide bonds. The van der Waals surface area contributed by atoms with Crippen LogP contribution in [0, 0.1) is 0 Å². The van der Waals surface area contributed by atoms with Crippen LogP contribution in [0.5, 0.6) is 11.5 Å². The number of ether oxygens (including phenoxy) is 2. The van der Waals surface area contributed by atoms with Gasteiger partial charge in [-0.1, -0.05) is 0 Å². The fourth-order valence-corrected chi connectivity index (χ4v) is 3.04. The van der Waals surface area contributed by atoms with Gasteiger partial charge in [-0.15, -0.1) is 0 Å². The Balaban J connectivity index is 0.000000221. The molecule has 28 heavy (non-hydrogen) atoms. The Labute approximate surface area is 162 Å². The van der Waals surface area contributed by atoms with Crippen molar-refractivity contribution in [2.24, 2.45) is 5.73 Å². The molecule has 1 heterocycles. The summed E-state index contributed by atoms with van der Waals surface area (Å²) >= 11 is 0. The smallest absolute Gasteiger partial charge is 0.323 e. The fourth-order valence-electron chi connectivity index (χ4n) is 3.04. The number of nitrogens with zero attached hydrogens (tertiary/aromatic N) is 1. The monoisotopic (exact) mass is 392 g/mol. The van der Waals surface area contributed by atoms with Crippen LogP contribution in [-0.2, 0) is 14.4 Å². The van der Waals surface area contributed by atoms with E-state index in [2.05, 4.69) is 0 Å². The highest BCUT2D eigenvalue weighted by molar-refractivity contribution is 6.03. The third-order valence-electron chi connectivity index (χ3n) is 4.49. The molecule has 2 fully saturated rings. The van der Waals surface area contributed by atoms with Crippen LogP contribution in [0.3, 0.4) is 0 Å². The number of imide groups is 1. The molecular weight excluding hydrogens is 368 g/mol. The Kier molecular flexibility index (Phi) is 7.36. The van der Waals surface area contributed by atoms with E-state index in [9.17, 15) is 19.2 Å². The molecular formula is C19H24N2O7. The van der Waals surface area contributed by atoms with E-state index in [1.54, 1.807) is 25.3 Å². The van der Waals surface area contributed by atoms with Gasteiger partial charge in [-0.2, -0.15) is 0 Å². The number of hydrogen-bond acceptors (Lipinski definition) is 6. The Morgan fingerprint density at radius 3 is 2.25 bits per heavy atom. The van der Waals surface area contributed by atoms with Crippen molar-refractivity contribution in [2.75, 3.05) is 13.7 Å². The Bertz CT molecular complexity index is 741. The lowest BCUT2D eigenvalue weighted by molar-refractivity contribution is -0.148. The van der Waals surface area contributed by atoms with Crippen molar-refractivity contribution in [1.82, 2.24) is 4.90 Å². The van der Waals surface area contributed by atoms with Crippen molar-refractivity contribution in [3.63, 3.8) is 0 Å². The lowest BCUT2D eigenvalue weighted by Crippen LogP contribution is -2.34. The summed E-state index contributed by atoms with van der Waals surface area (Å²) in [7, 11) is 1.58. The summed E-state index contributed by atoms with van der Waals surface area (Å²) in [6.07, 6.45) is 5.03. The summed E-state index contributed by atoms with van der Waals surface area (Å²) in [5.74, 6) is -1.15. The maximum absolute atomic E-state index is 11.1. The molecule has 0 aromatic heterocycles. The molecule has 1 aromatic carbocycles. The number of benzene rings is 1. The number of primary amides is 1. The predicted octanol–water partition coefficient (Wildman–Crippen LogP) is 1.34. The number of methoxy groups -OCH3 is 1. The second-order valence-electron chi connectivity index (χ2n) is 6.52. The lowest BCUT2D eigenvalue weighted by Gasteiger charge is -2.16. The average Bonchev–Trinajstić information content (AvgIpc) is 3.27.